The maximum absolute atomic E-state index is 13.8. The number of benzene rings is 2. The summed E-state index contributed by atoms with van der Waals surface area (Å²) in [6.45, 7) is 8.65. The first kappa shape index (κ1) is 31.9. The van der Waals surface area contributed by atoms with Crippen molar-refractivity contribution in [3.05, 3.63) is 59.9 Å². The first-order valence-electron chi connectivity index (χ1n) is 14.9. The molecule has 43 heavy (non-hydrogen) atoms. The quantitative estimate of drug-likeness (QED) is 0.294. The number of nitrogens with one attached hydrogen (secondary N) is 3. The second-order valence-electron chi connectivity index (χ2n) is 12.2. The summed E-state index contributed by atoms with van der Waals surface area (Å²) >= 11 is 0. The van der Waals surface area contributed by atoms with Crippen molar-refractivity contribution in [3.8, 4) is 5.75 Å². The van der Waals surface area contributed by atoms with E-state index in [0.717, 1.165) is 18.2 Å². The van der Waals surface area contributed by atoms with Crippen LogP contribution in [0, 0.1) is 5.41 Å². The Hall–Kier alpha value is -4.05. The van der Waals surface area contributed by atoms with E-state index in [1.54, 1.807) is 26.0 Å². The van der Waals surface area contributed by atoms with Crippen LogP contribution < -0.4 is 20.7 Å². The van der Waals surface area contributed by atoms with Crippen molar-refractivity contribution in [2.45, 2.75) is 71.5 Å². The number of Topliss-reactive ketones (excluding diaryl/α,β-unsaturated/α-hetero) is 1. The van der Waals surface area contributed by atoms with Gasteiger partial charge in [0.25, 0.3) is 0 Å². The number of aromatic nitrogens is 2. The highest BCUT2D eigenvalue weighted by molar-refractivity contribution is 5.96. The molecule has 230 valence electrons. The van der Waals surface area contributed by atoms with Crippen LogP contribution in [0.3, 0.4) is 0 Å². The van der Waals surface area contributed by atoms with E-state index in [1.807, 2.05) is 51.1 Å². The number of likely N-dealkylation sites (tertiary alicyclic amines) is 1. The number of rotatable bonds is 12. The topological polar surface area (TPSA) is 126 Å². The highest BCUT2D eigenvalue weighted by Crippen LogP contribution is 2.31. The number of ketones is 1. The van der Waals surface area contributed by atoms with Gasteiger partial charge in [0.1, 0.15) is 23.9 Å². The molecule has 2 amide bonds. The lowest BCUT2D eigenvalue weighted by Crippen LogP contribution is -2.58. The molecule has 1 aliphatic heterocycles. The molecule has 1 aromatic heterocycles. The summed E-state index contributed by atoms with van der Waals surface area (Å²) in [7, 11) is 3.27. The van der Waals surface area contributed by atoms with Gasteiger partial charge in [-0.1, -0.05) is 51.1 Å². The highest BCUT2D eigenvalue weighted by Gasteiger charge is 2.42. The monoisotopic (exact) mass is 588 g/mol. The molecule has 2 aromatic carbocycles. The molecule has 3 atom stereocenters. The van der Waals surface area contributed by atoms with Crippen molar-refractivity contribution in [1.29, 1.82) is 0 Å². The minimum absolute atomic E-state index is 0.0680. The predicted octanol–water partition coefficient (Wildman–Crippen LogP) is 3.53. The first-order valence-corrected chi connectivity index (χ1v) is 14.9. The van der Waals surface area contributed by atoms with Gasteiger partial charge in [-0.2, -0.15) is 0 Å². The van der Waals surface area contributed by atoms with E-state index in [9.17, 15) is 14.4 Å². The Bertz CT molecular complexity index is 1440. The Morgan fingerprint density at radius 1 is 1.12 bits per heavy atom. The van der Waals surface area contributed by atoms with Crippen LogP contribution in [0.4, 0.5) is 5.82 Å². The molecular formula is C33H44N6O4. The smallest absolute Gasteiger partial charge is 0.246 e. The minimum atomic E-state index is -0.763. The molecule has 3 aromatic rings. The molecular weight excluding hydrogens is 544 g/mol. The van der Waals surface area contributed by atoms with E-state index in [0.29, 0.717) is 42.2 Å². The zero-order valence-corrected chi connectivity index (χ0v) is 26.1. The number of carbonyl (C=O) groups excluding carboxylic acids is 3. The van der Waals surface area contributed by atoms with Crippen molar-refractivity contribution >= 4 is 34.3 Å². The van der Waals surface area contributed by atoms with Gasteiger partial charge >= 0.3 is 0 Å². The lowest BCUT2D eigenvalue weighted by atomic mass is 9.85. The Balaban J connectivity index is 1.54. The molecule has 2 heterocycles. The van der Waals surface area contributed by atoms with E-state index in [2.05, 4.69) is 38.1 Å². The molecule has 1 fully saturated rings. The number of anilines is 1. The summed E-state index contributed by atoms with van der Waals surface area (Å²) in [6, 6.07) is 12.2. The molecule has 1 saturated heterocycles. The largest absolute Gasteiger partial charge is 0.496 e. The second-order valence-corrected chi connectivity index (χ2v) is 12.2. The Kier molecular flexibility index (Phi) is 10.3. The third-order valence-electron chi connectivity index (χ3n) is 8.08. The number of fused-ring (bicyclic) bond motifs is 1. The van der Waals surface area contributed by atoms with Gasteiger partial charge in [0.05, 0.1) is 24.7 Å². The molecule has 0 bridgehead atoms. The van der Waals surface area contributed by atoms with Crippen molar-refractivity contribution in [3.63, 3.8) is 0 Å². The minimum Gasteiger partial charge on any atom is -0.496 e. The third-order valence-corrected chi connectivity index (χ3v) is 8.08. The number of methoxy groups -OCH3 is 1. The van der Waals surface area contributed by atoms with Crippen molar-refractivity contribution < 1.29 is 19.1 Å². The number of hydrogen-bond acceptors (Lipinski definition) is 8. The third kappa shape index (κ3) is 7.67. The van der Waals surface area contributed by atoms with Crippen LogP contribution in [0.5, 0.6) is 5.75 Å². The van der Waals surface area contributed by atoms with Gasteiger partial charge < -0.3 is 25.6 Å². The van der Waals surface area contributed by atoms with Gasteiger partial charge in [-0.05, 0) is 50.3 Å². The fourth-order valence-corrected chi connectivity index (χ4v) is 5.45. The molecule has 0 radical (unpaired) electrons. The summed E-state index contributed by atoms with van der Waals surface area (Å²) in [5.41, 5.74) is 2.11. The fourth-order valence-electron chi connectivity index (χ4n) is 5.45. The van der Waals surface area contributed by atoms with Crippen molar-refractivity contribution in [2.24, 2.45) is 5.41 Å². The molecule has 3 N–H and O–H groups in total. The zero-order valence-electron chi connectivity index (χ0n) is 26.1. The number of amides is 2. The SMILES string of the molecule is CN[C@@H](C)C(=O)N[C@H](C(=O)N1CCC[C@H]1C(=O)Cc1cc2c(NCCc3ccccc3)ncnc2cc1OC)C(C)(C)C. The number of likely N-dealkylation sites (N-methyl/N-ethyl adjacent to an activating group) is 1. The lowest BCUT2D eigenvalue weighted by Gasteiger charge is -2.36. The molecule has 10 heteroatoms. The second kappa shape index (κ2) is 13.9. The average molecular weight is 589 g/mol. The summed E-state index contributed by atoms with van der Waals surface area (Å²) < 4.78 is 5.66. The van der Waals surface area contributed by atoms with Gasteiger partial charge in [-0.15, -0.1) is 0 Å². The van der Waals surface area contributed by atoms with Crippen LogP contribution in [-0.4, -0.2) is 77.8 Å². The summed E-state index contributed by atoms with van der Waals surface area (Å²) in [5.74, 6) is 0.695. The van der Waals surface area contributed by atoms with Crippen LogP contribution in [0.15, 0.2) is 48.8 Å². The van der Waals surface area contributed by atoms with E-state index in [-0.39, 0.29) is 24.0 Å². The molecule has 0 saturated carbocycles. The molecule has 0 unspecified atom stereocenters. The van der Waals surface area contributed by atoms with Gasteiger partial charge in [0, 0.05) is 36.5 Å². The average Bonchev–Trinajstić information content (AvgIpc) is 3.49. The molecule has 0 spiro atoms. The van der Waals surface area contributed by atoms with Crippen LogP contribution in [0.2, 0.25) is 0 Å². The number of carbonyl (C=O) groups is 3. The Morgan fingerprint density at radius 3 is 2.53 bits per heavy atom. The maximum Gasteiger partial charge on any atom is 0.246 e. The van der Waals surface area contributed by atoms with Gasteiger partial charge in [0.15, 0.2) is 5.78 Å². The molecule has 4 rings (SSSR count). The van der Waals surface area contributed by atoms with Crippen molar-refractivity contribution in [2.75, 3.05) is 32.6 Å². The summed E-state index contributed by atoms with van der Waals surface area (Å²) in [6.07, 6.45) is 3.74. The van der Waals surface area contributed by atoms with Crippen LogP contribution in [0.1, 0.15) is 51.7 Å². The molecule has 10 nitrogen and oxygen atoms in total. The molecule has 0 aliphatic carbocycles. The molecule has 1 aliphatic rings. The summed E-state index contributed by atoms with van der Waals surface area (Å²) in [5, 5.41) is 10.0. The van der Waals surface area contributed by atoms with Crippen molar-refractivity contribution in [1.82, 2.24) is 25.5 Å². The van der Waals surface area contributed by atoms with Gasteiger partial charge in [-0.3, -0.25) is 14.4 Å². The Labute approximate surface area is 254 Å². The van der Waals surface area contributed by atoms with Crippen LogP contribution in [-0.2, 0) is 27.2 Å². The van der Waals surface area contributed by atoms with E-state index in [1.165, 1.54) is 11.9 Å². The van der Waals surface area contributed by atoms with Crippen LogP contribution in [0.25, 0.3) is 10.9 Å². The van der Waals surface area contributed by atoms with Gasteiger partial charge in [0.2, 0.25) is 11.8 Å². The van der Waals surface area contributed by atoms with E-state index >= 15 is 0 Å². The Morgan fingerprint density at radius 2 is 1.86 bits per heavy atom. The van der Waals surface area contributed by atoms with E-state index < -0.39 is 23.5 Å². The van der Waals surface area contributed by atoms with E-state index in [4.69, 9.17) is 4.74 Å². The van der Waals surface area contributed by atoms with Gasteiger partial charge in [-0.25, -0.2) is 9.97 Å². The highest BCUT2D eigenvalue weighted by atomic mass is 16.5. The number of ether oxygens (including phenoxy) is 1. The van der Waals surface area contributed by atoms with Crippen LogP contribution >= 0.6 is 0 Å². The summed E-state index contributed by atoms with van der Waals surface area (Å²) in [4.78, 5) is 50.9. The first-order chi connectivity index (χ1) is 20.5. The fraction of sp³-hybridized carbons (Fsp3) is 0.485. The number of nitrogens with zero attached hydrogens (tertiary/aromatic N) is 3. The standard InChI is InChI=1S/C33H44N6O4/c1-21(34-5)31(41)38-29(33(2,3)4)32(42)39-16-10-13-26(39)27(40)18-23-17-24-25(19-28(23)43-6)36-20-37-30(24)35-15-14-22-11-8-7-9-12-22/h7-9,11-12,17,19-21,26,29,34H,10,13-16,18H2,1-6H3,(H,38,41)(H,35,36,37)/t21-,26-,29+/m0/s1. The normalized spacial score (nSPS) is 16.5. The lowest BCUT2D eigenvalue weighted by molar-refractivity contribution is -0.143. The number of hydrogen-bond donors (Lipinski definition) is 3. The zero-order chi connectivity index (χ0) is 31.1. The predicted molar refractivity (Wildman–Crippen MR) is 168 cm³/mol. The maximum atomic E-state index is 13.8.